The highest BCUT2D eigenvalue weighted by atomic mass is 32.1. The van der Waals surface area contributed by atoms with E-state index in [-0.39, 0.29) is 12.5 Å². The van der Waals surface area contributed by atoms with E-state index in [1.54, 1.807) is 13.0 Å². The van der Waals surface area contributed by atoms with Gasteiger partial charge in [0.2, 0.25) is 0 Å². The molecule has 0 radical (unpaired) electrons. The van der Waals surface area contributed by atoms with Gasteiger partial charge in [0.1, 0.15) is 0 Å². The molecule has 0 spiro atoms. The second-order valence-electron chi connectivity index (χ2n) is 5.79. The number of hydrogen-bond donors (Lipinski definition) is 4. The number of thiophene rings is 1. The van der Waals surface area contributed by atoms with E-state index in [1.807, 2.05) is 0 Å². The van der Waals surface area contributed by atoms with Gasteiger partial charge in [0.25, 0.3) is 5.91 Å². The summed E-state index contributed by atoms with van der Waals surface area (Å²) in [5, 5.41) is 23.9. The Balaban J connectivity index is 2.07. The Kier molecular flexibility index (Phi) is 6.39. The van der Waals surface area contributed by atoms with Crippen molar-refractivity contribution in [2.24, 2.45) is 0 Å². The van der Waals surface area contributed by atoms with Gasteiger partial charge >= 0.3 is 0 Å². The first-order valence-corrected chi connectivity index (χ1v) is 8.78. The summed E-state index contributed by atoms with van der Waals surface area (Å²) in [4.78, 5) is 12.7. The third kappa shape index (κ3) is 4.55. The number of aliphatic hydroxyl groups excluding tert-OH is 1. The Labute approximate surface area is 135 Å². The zero-order chi connectivity index (χ0) is 15.9. The lowest BCUT2D eigenvalue weighted by molar-refractivity contribution is 0.0955. The first-order valence-electron chi connectivity index (χ1n) is 7.96. The van der Waals surface area contributed by atoms with Crippen LogP contribution >= 0.6 is 11.3 Å². The Bertz CT molecular complexity index is 521. The van der Waals surface area contributed by atoms with Crippen molar-refractivity contribution in [3.63, 3.8) is 0 Å². The van der Waals surface area contributed by atoms with Crippen LogP contribution in [0.5, 0.6) is 0 Å². The fourth-order valence-corrected chi connectivity index (χ4v) is 3.80. The van der Waals surface area contributed by atoms with Crippen LogP contribution in [0.1, 0.15) is 60.7 Å². The van der Waals surface area contributed by atoms with Gasteiger partial charge in [-0.2, -0.15) is 0 Å². The summed E-state index contributed by atoms with van der Waals surface area (Å²) in [6.45, 7) is 2.29. The summed E-state index contributed by atoms with van der Waals surface area (Å²) < 4.78 is 0. The fourth-order valence-electron chi connectivity index (χ4n) is 2.69. The van der Waals surface area contributed by atoms with Crippen molar-refractivity contribution < 1.29 is 9.90 Å². The van der Waals surface area contributed by atoms with Crippen LogP contribution in [-0.4, -0.2) is 35.9 Å². The summed E-state index contributed by atoms with van der Waals surface area (Å²) in [5.74, 6) is -0.127. The van der Waals surface area contributed by atoms with Crippen molar-refractivity contribution in [3.05, 3.63) is 16.5 Å². The SMILES string of the molecule is CC(=N)c1cc(C(=O)NCCCO)sc1NC1CCCCC1. The van der Waals surface area contributed by atoms with Gasteiger partial charge in [-0.25, -0.2) is 0 Å². The summed E-state index contributed by atoms with van der Waals surface area (Å²) in [6.07, 6.45) is 6.67. The number of anilines is 1. The highest BCUT2D eigenvalue weighted by Crippen LogP contribution is 2.31. The van der Waals surface area contributed by atoms with Gasteiger partial charge in [-0.1, -0.05) is 19.3 Å². The minimum absolute atomic E-state index is 0.0735. The number of carbonyl (C=O) groups is 1. The molecule has 1 aliphatic carbocycles. The van der Waals surface area contributed by atoms with Crippen LogP contribution in [0.2, 0.25) is 0 Å². The molecule has 1 saturated carbocycles. The maximum absolute atomic E-state index is 12.1. The molecule has 0 bridgehead atoms. The summed E-state index contributed by atoms with van der Waals surface area (Å²) >= 11 is 1.42. The van der Waals surface area contributed by atoms with Gasteiger partial charge in [0.15, 0.2) is 0 Å². The molecule has 1 aromatic rings. The number of rotatable bonds is 7. The smallest absolute Gasteiger partial charge is 0.261 e. The summed E-state index contributed by atoms with van der Waals surface area (Å²) in [7, 11) is 0. The molecule has 0 saturated heterocycles. The number of nitrogens with one attached hydrogen (secondary N) is 3. The van der Waals surface area contributed by atoms with E-state index >= 15 is 0 Å². The lowest BCUT2D eigenvalue weighted by Gasteiger charge is -2.23. The predicted molar refractivity (Wildman–Crippen MR) is 91.4 cm³/mol. The lowest BCUT2D eigenvalue weighted by Crippen LogP contribution is -2.24. The van der Waals surface area contributed by atoms with Gasteiger partial charge in [-0.15, -0.1) is 11.3 Å². The van der Waals surface area contributed by atoms with Crippen LogP contribution in [0.25, 0.3) is 0 Å². The molecular weight excluding hydrogens is 298 g/mol. The zero-order valence-corrected chi connectivity index (χ0v) is 13.9. The van der Waals surface area contributed by atoms with Crippen molar-refractivity contribution in [1.82, 2.24) is 5.32 Å². The molecular formula is C16H25N3O2S. The number of hydrogen-bond acceptors (Lipinski definition) is 5. The summed E-state index contributed by atoms with van der Waals surface area (Å²) in [6, 6.07) is 2.25. The average molecular weight is 323 g/mol. The molecule has 5 nitrogen and oxygen atoms in total. The highest BCUT2D eigenvalue weighted by Gasteiger charge is 2.19. The molecule has 1 aliphatic rings. The van der Waals surface area contributed by atoms with Crippen molar-refractivity contribution >= 4 is 28.0 Å². The van der Waals surface area contributed by atoms with Crippen molar-refractivity contribution in [3.8, 4) is 0 Å². The van der Waals surface area contributed by atoms with Gasteiger partial charge < -0.3 is 21.1 Å². The molecule has 4 N–H and O–H groups in total. The van der Waals surface area contributed by atoms with Crippen molar-refractivity contribution in [2.45, 2.75) is 51.5 Å². The van der Waals surface area contributed by atoms with Gasteiger partial charge in [-0.3, -0.25) is 4.79 Å². The van der Waals surface area contributed by atoms with E-state index in [1.165, 1.54) is 30.6 Å². The molecule has 1 aromatic heterocycles. The number of amides is 1. The minimum Gasteiger partial charge on any atom is -0.396 e. The van der Waals surface area contributed by atoms with E-state index in [0.29, 0.717) is 29.6 Å². The van der Waals surface area contributed by atoms with E-state index in [9.17, 15) is 4.79 Å². The maximum Gasteiger partial charge on any atom is 0.261 e. The Hall–Kier alpha value is -1.40. The third-order valence-electron chi connectivity index (χ3n) is 3.92. The second-order valence-corrected chi connectivity index (χ2v) is 6.84. The normalized spacial score (nSPS) is 15.5. The van der Waals surface area contributed by atoms with Crippen LogP contribution in [0.15, 0.2) is 6.07 Å². The van der Waals surface area contributed by atoms with Gasteiger partial charge in [-0.05, 0) is 32.3 Å². The van der Waals surface area contributed by atoms with Crippen molar-refractivity contribution in [1.29, 1.82) is 5.41 Å². The molecule has 0 unspecified atom stereocenters. The highest BCUT2D eigenvalue weighted by molar-refractivity contribution is 7.18. The second kappa shape index (κ2) is 8.29. The molecule has 0 aliphatic heterocycles. The van der Waals surface area contributed by atoms with E-state index in [0.717, 1.165) is 23.4 Å². The molecule has 1 amide bonds. The van der Waals surface area contributed by atoms with E-state index in [4.69, 9.17) is 10.5 Å². The topological polar surface area (TPSA) is 85.2 Å². The Morgan fingerprint density at radius 1 is 1.41 bits per heavy atom. The third-order valence-corrected chi connectivity index (χ3v) is 4.99. The average Bonchev–Trinajstić information content (AvgIpc) is 2.92. The maximum atomic E-state index is 12.1. The van der Waals surface area contributed by atoms with Crippen LogP contribution in [0.3, 0.4) is 0 Å². The molecule has 6 heteroatoms. The predicted octanol–water partition coefficient (Wildman–Crippen LogP) is 2.99. The first kappa shape index (κ1) is 17.0. The molecule has 22 heavy (non-hydrogen) atoms. The monoisotopic (exact) mass is 323 g/mol. The quantitative estimate of drug-likeness (QED) is 0.460. The lowest BCUT2D eigenvalue weighted by atomic mass is 9.95. The Morgan fingerprint density at radius 2 is 2.14 bits per heavy atom. The van der Waals surface area contributed by atoms with E-state index in [2.05, 4.69) is 10.6 Å². The number of carbonyl (C=O) groups excluding carboxylic acids is 1. The van der Waals surface area contributed by atoms with Crippen LogP contribution in [0, 0.1) is 5.41 Å². The van der Waals surface area contributed by atoms with E-state index < -0.39 is 0 Å². The van der Waals surface area contributed by atoms with Gasteiger partial charge in [0.05, 0.1) is 9.88 Å². The van der Waals surface area contributed by atoms with Crippen LogP contribution in [0.4, 0.5) is 5.00 Å². The first-order chi connectivity index (χ1) is 10.6. The molecule has 2 rings (SSSR count). The Morgan fingerprint density at radius 3 is 2.77 bits per heavy atom. The molecule has 1 heterocycles. The summed E-state index contributed by atoms with van der Waals surface area (Å²) in [5.41, 5.74) is 1.30. The fraction of sp³-hybridized carbons (Fsp3) is 0.625. The van der Waals surface area contributed by atoms with Crippen LogP contribution < -0.4 is 10.6 Å². The molecule has 1 fully saturated rings. The zero-order valence-electron chi connectivity index (χ0n) is 13.1. The minimum atomic E-state index is -0.127. The molecule has 0 atom stereocenters. The largest absolute Gasteiger partial charge is 0.396 e. The van der Waals surface area contributed by atoms with Gasteiger partial charge in [0, 0.05) is 30.5 Å². The van der Waals surface area contributed by atoms with Crippen molar-refractivity contribution in [2.75, 3.05) is 18.5 Å². The molecule has 0 aromatic carbocycles. The van der Waals surface area contributed by atoms with Crippen LogP contribution in [-0.2, 0) is 0 Å². The number of aliphatic hydroxyl groups is 1. The molecule has 122 valence electrons. The standard InChI is InChI=1S/C16H25N3O2S/c1-11(17)13-10-14(15(21)18-8-5-9-20)22-16(13)19-12-6-3-2-4-7-12/h10,12,17,19-20H,2-9H2,1H3,(H,18,21).